The van der Waals surface area contributed by atoms with Crippen molar-refractivity contribution in [1.29, 1.82) is 0 Å². The van der Waals surface area contributed by atoms with Gasteiger partial charge >= 0.3 is 11.9 Å². The van der Waals surface area contributed by atoms with Gasteiger partial charge in [0.2, 0.25) is 0 Å². The molecule has 6 heteroatoms. The average Bonchev–Trinajstić information content (AvgIpc) is 2.48. The molecule has 0 fully saturated rings. The van der Waals surface area contributed by atoms with Gasteiger partial charge in [-0.05, 0) is 31.5 Å². The van der Waals surface area contributed by atoms with Crippen LogP contribution in [0.4, 0.5) is 0 Å². The zero-order valence-electron chi connectivity index (χ0n) is 12.4. The lowest BCUT2D eigenvalue weighted by atomic mass is 10.2. The number of carbonyl (C=O) groups excluding carboxylic acids is 3. The standard InChI is InChI=1S/C16H17BrO5/c1-4-5-14(22-15(19)10(2)3)16(20)21-13-7-6-12(17)8-11(13)9-18/h6-9,14H,2,4-5H2,1,3H3. The first kappa shape index (κ1) is 18.1. The number of halogens is 1. The SMILES string of the molecule is C=C(C)C(=O)OC(CCC)C(=O)Oc1ccc(Br)cc1C=O. The van der Waals surface area contributed by atoms with Crippen LogP contribution in [0.2, 0.25) is 0 Å². The van der Waals surface area contributed by atoms with E-state index in [2.05, 4.69) is 22.5 Å². The first-order valence-electron chi connectivity index (χ1n) is 6.72. The van der Waals surface area contributed by atoms with Gasteiger partial charge in [-0.1, -0.05) is 35.9 Å². The van der Waals surface area contributed by atoms with Gasteiger partial charge in [0, 0.05) is 10.0 Å². The number of rotatable bonds is 7. The van der Waals surface area contributed by atoms with E-state index in [4.69, 9.17) is 9.47 Å². The molecule has 0 N–H and O–H groups in total. The Kier molecular flexibility index (Phi) is 6.98. The van der Waals surface area contributed by atoms with Crippen LogP contribution in [0.25, 0.3) is 0 Å². The monoisotopic (exact) mass is 368 g/mol. The molecule has 0 aliphatic heterocycles. The Labute approximate surface area is 137 Å². The first-order valence-corrected chi connectivity index (χ1v) is 7.51. The van der Waals surface area contributed by atoms with Crippen molar-refractivity contribution < 1.29 is 23.9 Å². The number of carbonyl (C=O) groups is 3. The molecule has 1 unspecified atom stereocenters. The Morgan fingerprint density at radius 1 is 1.41 bits per heavy atom. The van der Waals surface area contributed by atoms with E-state index in [0.29, 0.717) is 23.6 Å². The van der Waals surface area contributed by atoms with Crippen molar-refractivity contribution in [3.05, 3.63) is 40.4 Å². The summed E-state index contributed by atoms with van der Waals surface area (Å²) < 4.78 is 10.9. The molecule has 1 atom stereocenters. The third-order valence-corrected chi connectivity index (χ3v) is 3.21. The molecule has 1 rings (SSSR count). The quantitative estimate of drug-likeness (QED) is 0.319. The van der Waals surface area contributed by atoms with Crippen LogP contribution in [0.3, 0.4) is 0 Å². The molecule has 1 aromatic carbocycles. The van der Waals surface area contributed by atoms with Crippen molar-refractivity contribution in [3.63, 3.8) is 0 Å². The fraction of sp³-hybridized carbons (Fsp3) is 0.312. The summed E-state index contributed by atoms with van der Waals surface area (Å²) in [7, 11) is 0. The van der Waals surface area contributed by atoms with E-state index >= 15 is 0 Å². The van der Waals surface area contributed by atoms with Gasteiger partial charge in [0.1, 0.15) is 5.75 Å². The first-order chi connectivity index (χ1) is 10.4. The molecule has 0 spiro atoms. The predicted octanol–water partition coefficient (Wildman–Crippen LogP) is 3.46. The number of benzene rings is 1. The molecule has 0 radical (unpaired) electrons. The Morgan fingerprint density at radius 2 is 2.09 bits per heavy atom. The van der Waals surface area contributed by atoms with Crippen LogP contribution in [0.1, 0.15) is 37.0 Å². The van der Waals surface area contributed by atoms with E-state index in [1.807, 2.05) is 6.92 Å². The van der Waals surface area contributed by atoms with Crippen LogP contribution in [-0.4, -0.2) is 24.3 Å². The van der Waals surface area contributed by atoms with Gasteiger partial charge in [-0.3, -0.25) is 4.79 Å². The molecule has 0 saturated carbocycles. The van der Waals surface area contributed by atoms with E-state index in [-0.39, 0.29) is 16.9 Å². The summed E-state index contributed by atoms with van der Waals surface area (Å²) >= 11 is 3.23. The molecular weight excluding hydrogens is 352 g/mol. The molecule has 22 heavy (non-hydrogen) atoms. The van der Waals surface area contributed by atoms with Crippen molar-refractivity contribution >= 4 is 34.2 Å². The minimum absolute atomic E-state index is 0.121. The van der Waals surface area contributed by atoms with E-state index < -0.39 is 18.0 Å². The number of hydrogen-bond donors (Lipinski definition) is 0. The smallest absolute Gasteiger partial charge is 0.352 e. The van der Waals surface area contributed by atoms with E-state index in [9.17, 15) is 14.4 Å². The highest BCUT2D eigenvalue weighted by Crippen LogP contribution is 2.23. The van der Waals surface area contributed by atoms with Crippen LogP contribution in [-0.2, 0) is 14.3 Å². The second kappa shape index (κ2) is 8.48. The summed E-state index contributed by atoms with van der Waals surface area (Å²) in [6, 6.07) is 4.67. The van der Waals surface area contributed by atoms with Crippen LogP contribution >= 0.6 is 15.9 Å². The van der Waals surface area contributed by atoms with Gasteiger partial charge in [-0.15, -0.1) is 0 Å². The molecule has 1 aromatic rings. The number of ether oxygens (including phenoxy) is 2. The second-order valence-corrected chi connectivity index (χ2v) is 5.60. The molecule has 0 saturated heterocycles. The Balaban J connectivity index is 2.89. The summed E-state index contributed by atoms with van der Waals surface area (Å²) in [5.74, 6) is -1.25. The highest BCUT2D eigenvalue weighted by Gasteiger charge is 2.25. The van der Waals surface area contributed by atoms with Gasteiger partial charge < -0.3 is 9.47 Å². The topological polar surface area (TPSA) is 69.7 Å². The zero-order chi connectivity index (χ0) is 16.7. The van der Waals surface area contributed by atoms with Crippen molar-refractivity contribution in [2.75, 3.05) is 0 Å². The highest BCUT2D eigenvalue weighted by atomic mass is 79.9. The maximum Gasteiger partial charge on any atom is 0.352 e. The molecule has 0 aliphatic carbocycles. The normalized spacial score (nSPS) is 11.4. The third kappa shape index (κ3) is 5.11. The number of hydrogen-bond acceptors (Lipinski definition) is 5. The van der Waals surface area contributed by atoms with Gasteiger partial charge in [-0.2, -0.15) is 0 Å². The lowest BCUT2D eigenvalue weighted by molar-refractivity contribution is -0.159. The summed E-state index contributed by atoms with van der Waals surface area (Å²) in [6.45, 7) is 6.82. The fourth-order valence-corrected chi connectivity index (χ4v) is 1.97. The number of aldehydes is 1. The molecule has 5 nitrogen and oxygen atoms in total. The average molecular weight is 369 g/mol. The lowest BCUT2D eigenvalue weighted by Gasteiger charge is -2.16. The molecular formula is C16H17BrO5. The van der Waals surface area contributed by atoms with Crippen molar-refractivity contribution in [2.45, 2.75) is 32.8 Å². The second-order valence-electron chi connectivity index (χ2n) is 4.68. The largest absolute Gasteiger partial charge is 0.447 e. The minimum atomic E-state index is -1.03. The molecule has 0 aliphatic rings. The summed E-state index contributed by atoms with van der Waals surface area (Å²) in [5.41, 5.74) is 0.426. The lowest BCUT2D eigenvalue weighted by Crippen LogP contribution is -2.31. The third-order valence-electron chi connectivity index (χ3n) is 2.72. The minimum Gasteiger partial charge on any atom is -0.447 e. The Bertz CT molecular complexity index is 594. The number of esters is 2. The Morgan fingerprint density at radius 3 is 2.64 bits per heavy atom. The van der Waals surface area contributed by atoms with E-state index in [1.165, 1.54) is 19.1 Å². The molecule has 0 heterocycles. The van der Waals surface area contributed by atoms with E-state index in [1.54, 1.807) is 6.07 Å². The fourth-order valence-electron chi connectivity index (χ4n) is 1.60. The molecule has 0 aromatic heterocycles. The van der Waals surface area contributed by atoms with Crippen molar-refractivity contribution in [2.24, 2.45) is 0 Å². The van der Waals surface area contributed by atoms with Crippen LogP contribution in [0.5, 0.6) is 5.75 Å². The zero-order valence-corrected chi connectivity index (χ0v) is 14.0. The molecule has 0 bridgehead atoms. The van der Waals surface area contributed by atoms with E-state index in [0.717, 1.165) is 0 Å². The van der Waals surface area contributed by atoms with Gasteiger partial charge in [-0.25, -0.2) is 9.59 Å². The van der Waals surface area contributed by atoms with Gasteiger partial charge in [0.05, 0.1) is 5.56 Å². The summed E-state index contributed by atoms with van der Waals surface area (Å²) in [6.07, 6.45) is 0.508. The summed E-state index contributed by atoms with van der Waals surface area (Å²) in [4.78, 5) is 34.7. The highest BCUT2D eigenvalue weighted by molar-refractivity contribution is 9.10. The Hall–Kier alpha value is -1.95. The van der Waals surface area contributed by atoms with Gasteiger partial charge in [0.15, 0.2) is 12.4 Å². The molecule has 0 amide bonds. The van der Waals surface area contributed by atoms with Crippen LogP contribution in [0.15, 0.2) is 34.8 Å². The maximum atomic E-state index is 12.2. The van der Waals surface area contributed by atoms with Crippen LogP contribution in [0, 0.1) is 0 Å². The summed E-state index contributed by atoms with van der Waals surface area (Å²) in [5, 5.41) is 0. The van der Waals surface area contributed by atoms with Crippen molar-refractivity contribution in [3.8, 4) is 5.75 Å². The van der Waals surface area contributed by atoms with Crippen LogP contribution < -0.4 is 4.74 Å². The van der Waals surface area contributed by atoms with Gasteiger partial charge in [0.25, 0.3) is 0 Å². The predicted molar refractivity (Wildman–Crippen MR) is 84.8 cm³/mol. The molecule has 118 valence electrons. The van der Waals surface area contributed by atoms with Crippen molar-refractivity contribution in [1.82, 2.24) is 0 Å². The maximum absolute atomic E-state index is 12.2.